The van der Waals surface area contributed by atoms with Gasteiger partial charge in [0, 0.05) is 37.1 Å². The van der Waals surface area contributed by atoms with Crippen LogP contribution in [-0.2, 0) is 55.5 Å². The van der Waals surface area contributed by atoms with Gasteiger partial charge >= 0.3 is 0 Å². The number of ketones is 1. The maximum atomic E-state index is 12.6. The summed E-state index contributed by atoms with van der Waals surface area (Å²) in [6, 6.07) is 0. The van der Waals surface area contributed by atoms with E-state index in [1.165, 1.54) is 26.7 Å². The van der Waals surface area contributed by atoms with Crippen LogP contribution in [0.3, 0.4) is 0 Å². The van der Waals surface area contributed by atoms with Crippen LogP contribution >= 0.6 is 35.2 Å². The fourth-order valence-corrected chi connectivity index (χ4v) is 9.28. The molecule has 2 aromatic heterocycles. The number of carbonyl (C=O) groups is 4. The van der Waals surface area contributed by atoms with Crippen LogP contribution in [0.2, 0.25) is 0 Å². The number of aliphatic hydroxyl groups is 2. The van der Waals surface area contributed by atoms with Crippen molar-refractivity contribution in [1.82, 2.24) is 30.2 Å². The number of Topliss-reactive ketones (excluding diaryl/α,β-unsaturated/α-hetero) is 1. The number of hydrogen-bond acceptors (Lipinski definition) is 23. The minimum atomic E-state index is -5.93. The van der Waals surface area contributed by atoms with Crippen LogP contribution in [0.4, 0.5) is 5.82 Å². The van der Waals surface area contributed by atoms with E-state index in [9.17, 15) is 62.7 Å². The average molecular weight is 960 g/mol. The highest BCUT2D eigenvalue weighted by Crippen LogP contribution is 2.56. The van der Waals surface area contributed by atoms with Crippen molar-refractivity contribution >= 4 is 74.9 Å². The van der Waals surface area contributed by atoms with E-state index in [-0.39, 0.29) is 59.6 Å². The van der Waals surface area contributed by atoms with E-state index in [1.54, 1.807) is 0 Å². The molecule has 25 nitrogen and oxygen atoms in total. The summed E-state index contributed by atoms with van der Waals surface area (Å²) in [6.07, 6.45) is -0.0802. The average Bonchev–Trinajstić information content (AvgIpc) is 3.74. The molecule has 1 fully saturated rings. The molecule has 6 N–H and O–H groups in total. The van der Waals surface area contributed by atoms with Crippen LogP contribution in [0.15, 0.2) is 12.7 Å². The number of carbonyl (C=O) groups excluding carboxylic acids is 4. The molecule has 0 aromatic carbocycles. The highest BCUT2D eigenvalue weighted by atomic mass is 32.2. The SMILES string of the molecule is CCCCCCCCCC(=O)CC(=O)SCCNC(=O)CCNC(=O)[C@H](O)C(C)(C)COP(=O)([O-])OP(=O)([O-])OC[C@H]1O[C@@H](n2cnc3c(N)ncnc32)[C@H](O)[C@@H]1OP(=O)([O-])[O-]. The number of imidazole rings is 1. The van der Waals surface area contributed by atoms with Crippen LogP contribution < -0.4 is 35.9 Å². The van der Waals surface area contributed by atoms with Crippen LogP contribution in [-0.4, -0.2) is 109 Å². The van der Waals surface area contributed by atoms with E-state index in [4.69, 9.17) is 10.5 Å². The molecule has 0 aliphatic carbocycles. The third kappa shape index (κ3) is 18.0. The summed E-state index contributed by atoms with van der Waals surface area (Å²) in [4.78, 5) is 108. The Hall–Kier alpha value is -2.77. The zero-order chi connectivity index (χ0) is 46.3. The third-order valence-corrected chi connectivity index (χ3v) is 13.0. The van der Waals surface area contributed by atoms with E-state index in [0.717, 1.165) is 61.1 Å². The number of phosphoric ester groups is 3. The molecule has 1 aliphatic rings. The lowest BCUT2D eigenvalue weighted by Crippen LogP contribution is -2.46. The quantitative estimate of drug-likeness (QED) is 0.0380. The minimum Gasteiger partial charge on any atom is -0.790 e. The van der Waals surface area contributed by atoms with Crippen molar-refractivity contribution < 1.29 is 85.3 Å². The lowest BCUT2D eigenvalue weighted by atomic mass is 9.87. The van der Waals surface area contributed by atoms with Crippen LogP contribution in [0.1, 0.15) is 91.2 Å². The lowest BCUT2D eigenvalue weighted by Gasteiger charge is -2.36. The van der Waals surface area contributed by atoms with Gasteiger partial charge in [-0.05, 0) is 6.42 Å². The van der Waals surface area contributed by atoms with Gasteiger partial charge in [-0.3, -0.25) is 32.9 Å². The Kier molecular flexibility index (Phi) is 21.2. The second-order valence-corrected chi connectivity index (χ2v) is 20.0. The lowest BCUT2D eigenvalue weighted by molar-refractivity contribution is -0.347. The van der Waals surface area contributed by atoms with Crippen molar-refractivity contribution in [2.24, 2.45) is 5.41 Å². The highest BCUT2D eigenvalue weighted by molar-refractivity contribution is 8.13. The van der Waals surface area contributed by atoms with Crippen molar-refractivity contribution in [3.05, 3.63) is 12.7 Å². The number of unbranched alkanes of at least 4 members (excludes halogenated alkanes) is 6. The molecule has 1 aliphatic heterocycles. The number of nitrogens with one attached hydrogen (secondary N) is 2. The molecule has 2 unspecified atom stereocenters. The van der Waals surface area contributed by atoms with Crippen molar-refractivity contribution in [1.29, 1.82) is 0 Å². The van der Waals surface area contributed by atoms with Gasteiger partial charge in [-0.15, -0.1) is 0 Å². The van der Waals surface area contributed by atoms with Gasteiger partial charge in [-0.1, -0.05) is 71.1 Å². The zero-order valence-electron chi connectivity index (χ0n) is 34.2. The molecular formula is C33H52N7O18P3S-4. The number of rotatable bonds is 29. The van der Waals surface area contributed by atoms with E-state index >= 15 is 0 Å². The predicted molar refractivity (Wildman–Crippen MR) is 210 cm³/mol. The third-order valence-electron chi connectivity index (χ3n) is 9.14. The molecule has 29 heteroatoms. The van der Waals surface area contributed by atoms with Gasteiger partial charge in [-0.2, -0.15) is 0 Å². The second kappa shape index (κ2) is 24.5. The molecule has 3 rings (SSSR count). The van der Waals surface area contributed by atoms with E-state index in [1.807, 2.05) is 0 Å². The maximum Gasteiger partial charge on any atom is 0.274 e. The van der Waals surface area contributed by atoms with Gasteiger partial charge in [-0.25, -0.2) is 19.3 Å². The molecule has 7 atom stereocenters. The summed E-state index contributed by atoms with van der Waals surface area (Å²) in [7, 11) is -17.6. The first kappa shape index (κ1) is 53.6. The number of amides is 2. The normalized spacial score (nSPS) is 20.7. The maximum absolute atomic E-state index is 12.6. The summed E-state index contributed by atoms with van der Waals surface area (Å²) in [5.41, 5.74) is 4.04. The molecular weight excluding hydrogens is 907 g/mol. The molecule has 0 bridgehead atoms. The first-order valence-electron chi connectivity index (χ1n) is 19.4. The van der Waals surface area contributed by atoms with Crippen LogP contribution in [0, 0.1) is 5.41 Å². The Morgan fingerprint density at radius 2 is 1.63 bits per heavy atom. The number of aromatic nitrogens is 4. The minimum absolute atomic E-state index is 0.0262. The smallest absolute Gasteiger partial charge is 0.274 e. The van der Waals surface area contributed by atoms with Crippen LogP contribution in [0.5, 0.6) is 0 Å². The molecule has 0 radical (unpaired) electrons. The molecule has 3 heterocycles. The van der Waals surface area contributed by atoms with Crippen LogP contribution in [0.25, 0.3) is 11.2 Å². The summed E-state index contributed by atoms with van der Waals surface area (Å²) < 4.78 is 60.6. The van der Waals surface area contributed by atoms with Gasteiger partial charge < -0.3 is 69.0 Å². The number of aliphatic hydroxyl groups excluding tert-OH is 2. The highest BCUT2D eigenvalue weighted by Gasteiger charge is 2.47. The fraction of sp³-hybridized carbons (Fsp3) is 0.727. The van der Waals surface area contributed by atoms with Crippen molar-refractivity contribution in [2.75, 3.05) is 37.8 Å². The number of anilines is 1. The van der Waals surface area contributed by atoms with Crippen molar-refractivity contribution in [2.45, 2.75) is 116 Å². The number of ether oxygens (including phenoxy) is 1. The molecule has 2 amide bonds. The predicted octanol–water partition coefficient (Wildman–Crippen LogP) is -0.763. The Bertz CT molecular complexity index is 1970. The van der Waals surface area contributed by atoms with Gasteiger partial charge in [0.05, 0.1) is 33.8 Å². The first-order chi connectivity index (χ1) is 28.9. The standard InChI is InChI=1S/C33H56N7O18P3S/c1-4-5-6-7-8-9-10-11-21(41)16-24(43)62-15-14-35-23(42)12-13-36-31(46)28(45)33(2,3)18-55-61(52,53)58-60(50,51)54-17-22-27(57-59(47,48)49)26(44)32(56-22)40-20-39-25-29(34)37-19-38-30(25)40/h19-20,22,26-28,32,44-45H,4-18H2,1-3H3,(H,35,42)(H,36,46)(H,50,51)(H,52,53)(H2,34,37,38)(H2,47,48,49)/p-4/t22-,26-,27-,28+,32-/m1/s1. The van der Waals surface area contributed by atoms with Crippen molar-refractivity contribution in [3.63, 3.8) is 0 Å². The summed E-state index contributed by atoms with van der Waals surface area (Å²) >= 11 is 0.919. The Morgan fingerprint density at radius 1 is 0.968 bits per heavy atom. The van der Waals surface area contributed by atoms with Gasteiger partial charge in [0.15, 0.2) is 22.8 Å². The number of nitrogens with zero attached hydrogens (tertiary/aromatic N) is 4. The molecule has 62 heavy (non-hydrogen) atoms. The first-order valence-corrected chi connectivity index (χ1v) is 24.8. The van der Waals surface area contributed by atoms with E-state index < -0.39 is 84.6 Å². The molecule has 2 aromatic rings. The van der Waals surface area contributed by atoms with Gasteiger partial charge in [0.1, 0.15) is 42.0 Å². The summed E-state index contributed by atoms with van der Waals surface area (Å²) in [6.45, 7) is 2.08. The summed E-state index contributed by atoms with van der Waals surface area (Å²) in [5, 5.41) is 25.9. The van der Waals surface area contributed by atoms with Gasteiger partial charge in [0.25, 0.3) is 15.6 Å². The van der Waals surface area contributed by atoms with Crippen molar-refractivity contribution in [3.8, 4) is 0 Å². The Labute approximate surface area is 361 Å². The number of nitrogens with two attached hydrogens (primary N) is 1. The molecule has 0 spiro atoms. The molecule has 0 saturated carbocycles. The van der Waals surface area contributed by atoms with E-state index in [2.05, 4.69) is 50.4 Å². The van der Waals surface area contributed by atoms with Gasteiger partial charge in [0.2, 0.25) is 11.8 Å². The summed E-state index contributed by atoms with van der Waals surface area (Å²) in [5.74, 6) is -1.52. The Morgan fingerprint density at radius 3 is 2.31 bits per heavy atom. The molecule has 1 saturated heterocycles. The molecule has 352 valence electrons. The second-order valence-electron chi connectivity index (χ2n) is 14.8. The number of thioether (sulfide) groups is 1. The fourth-order valence-electron chi connectivity index (χ4n) is 5.85. The largest absolute Gasteiger partial charge is 0.790 e. The topological polar surface area (TPSA) is 392 Å². The number of hydrogen-bond donors (Lipinski definition) is 5. The number of nitrogen functional groups attached to an aromatic ring is 1. The number of fused-ring (bicyclic) bond motifs is 1. The monoisotopic (exact) mass is 959 g/mol. The Balaban J connectivity index is 1.39. The number of phosphoric acid groups is 3. The van der Waals surface area contributed by atoms with E-state index in [0.29, 0.717) is 6.42 Å². The zero-order valence-corrected chi connectivity index (χ0v) is 37.7.